The lowest BCUT2D eigenvalue weighted by molar-refractivity contribution is 0.112. The Morgan fingerprint density at radius 2 is 1.37 bits per heavy atom. The molecule has 0 atom stereocenters. The molecule has 0 heterocycles. The van der Waals surface area contributed by atoms with Gasteiger partial charge in [0.1, 0.15) is 0 Å². The minimum absolute atomic E-state index is 0.0543. The molecule has 2 aromatic carbocycles. The summed E-state index contributed by atoms with van der Waals surface area (Å²) in [6.07, 6.45) is 4.98. The van der Waals surface area contributed by atoms with Crippen LogP contribution < -0.4 is 10.4 Å². The minimum atomic E-state index is -2.41. The molecule has 1 fully saturated rings. The number of hydrogen-bond donors (Lipinski definition) is 0. The number of alkyl halides is 1. The van der Waals surface area contributed by atoms with Gasteiger partial charge in [0.25, 0.3) is 8.32 Å². The highest BCUT2D eigenvalue weighted by atomic mass is 79.9. The van der Waals surface area contributed by atoms with E-state index in [9.17, 15) is 0 Å². The van der Waals surface area contributed by atoms with Crippen LogP contribution in [0.1, 0.15) is 53.4 Å². The molecule has 0 radical (unpaired) electrons. The van der Waals surface area contributed by atoms with Crippen LogP contribution in [0.25, 0.3) is 0 Å². The Morgan fingerprint density at radius 3 is 1.78 bits per heavy atom. The third kappa shape index (κ3) is 4.41. The summed E-state index contributed by atoms with van der Waals surface area (Å²) in [4.78, 5) is 0.679. The van der Waals surface area contributed by atoms with Gasteiger partial charge in [0, 0.05) is 11.4 Å². The highest BCUT2D eigenvalue weighted by Gasteiger charge is 2.51. The summed E-state index contributed by atoms with van der Waals surface area (Å²) in [7, 11) is -2.41. The average Bonchev–Trinajstić information content (AvgIpc) is 2.66. The molecule has 3 heteroatoms. The maximum absolute atomic E-state index is 7.17. The summed E-state index contributed by atoms with van der Waals surface area (Å²) in [5, 5.41) is 2.81. The van der Waals surface area contributed by atoms with Gasteiger partial charge in [-0.2, -0.15) is 0 Å². The van der Waals surface area contributed by atoms with Crippen LogP contribution in [0.15, 0.2) is 60.7 Å². The fourth-order valence-corrected chi connectivity index (χ4v) is 9.65. The summed E-state index contributed by atoms with van der Waals surface area (Å²) >= 11 is 3.80. The van der Waals surface area contributed by atoms with Crippen molar-refractivity contribution in [2.45, 2.75) is 63.2 Å². The summed E-state index contributed by atoms with van der Waals surface area (Å²) < 4.78 is 7.17. The van der Waals surface area contributed by atoms with Crippen molar-refractivity contribution in [3.05, 3.63) is 60.7 Å². The van der Waals surface area contributed by atoms with Crippen molar-refractivity contribution in [2.75, 3.05) is 6.61 Å². The van der Waals surface area contributed by atoms with Crippen molar-refractivity contribution >= 4 is 34.6 Å². The SMILES string of the molecule is CC1(CO[Si](c2ccccc2)(c2ccccc2)C(C)(C)C)CCC(Br)CC1. The van der Waals surface area contributed by atoms with Gasteiger partial charge in [-0.1, -0.05) is 104 Å². The molecule has 1 aliphatic carbocycles. The van der Waals surface area contributed by atoms with Crippen LogP contribution in [0.5, 0.6) is 0 Å². The predicted molar refractivity (Wildman–Crippen MR) is 123 cm³/mol. The van der Waals surface area contributed by atoms with Crippen molar-refractivity contribution in [2.24, 2.45) is 5.41 Å². The first-order valence-corrected chi connectivity index (χ1v) is 13.0. The van der Waals surface area contributed by atoms with Gasteiger partial charge in [0.15, 0.2) is 0 Å². The third-order valence-electron chi connectivity index (χ3n) is 6.18. The van der Waals surface area contributed by atoms with E-state index in [0.717, 1.165) is 6.61 Å². The van der Waals surface area contributed by atoms with E-state index >= 15 is 0 Å². The summed E-state index contributed by atoms with van der Waals surface area (Å²) in [5.41, 5.74) is 0.275. The van der Waals surface area contributed by atoms with Gasteiger partial charge in [-0.3, -0.25) is 0 Å². The Bertz CT molecular complexity index is 676. The van der Waals surface area contributed by atoms with Gasteiger partial charge in [-0.25, -0.2) is 0 Å². The molecule has 1 aliphatic rings. The van der Waals surface area contributed by atoms with E-state index in [2.05, 4.69) is 104 Å². The molecule has 0 bridgehead atoms. The first kappa shape index (κ1) is 20.8. The molecular weight excluding hydrogens is 412 g/mol. The van der Waals surface area contributed by atoms with Crippen LogP contribution in [0.4, 0.5) is 0 Å². The van der Waals surface area contributed by atoms with E-state index in [1.54, 1.807) is 0 Å². The van der Waals surface area contributed by atoms with Crippen molar-refractivity contribution in [1.82, 2.24) is 0 Å². The lowest BCUT2D eigenvalue weighted by atomic mass is 9.76. The van der Waals surface area contributed by atoms with E-state index in [1.807, 2.05) is 0 Å². The van der Waals surface area contributed by atoms with Gasteiger partial charge in [-0.05, 0) is 46.5 Å². The molecule has 1 nitrogen and oxygen atoms in total. The molecule has 0 saturated heterocycles. The van der Waals surface area contributed by atoms with Crippen LogP contribution in [-0.4, -0.2) is 19.8 Å². The van der Waals surface area contributed by atoms with Gasteiger partial charge in [0.2, 0.25) is 0 Å². The fourth-order valence-electron chi connectivity index (χ4n) is 4.47. The summed E-state index contributed by atoms with van der Waals surface area (Å²) in [6, 6.07) is 22.0. The van der Waals surface area contributed by atoms with E-state index < -0.39 is 8.32 Å². The van der Waals surface area contributed by atoms with Crippen molar-refractivity contribution in [3.8, 4) is 0 Å². The molecule has 0 amide bonds. The van der Waals surface area contributed by atoms with E-state index in [1.165, 1.54) is 36.1 Å². The maximum atomic E-state index is 7.17. The van der Waals surface area contributed by atoms with Crippen LogP contribution in [-0.2, 0) is 4.43 Å². The van der Waals surface area contributed by atoms with Crippen LogP contribution >= 0.6 is 15.9 Å². The molecule has 146 valence electrons. The number of rotatable bonds is 5. The minimum Gasteiger partial charge on any atom is -0.407 e. The molecule has 0 unspecified atom stereocenters. The number of hydrogen-bond acceptors (Lipinski definition) is 1. The van der Waals surface area contributed by atoms with Gasteiger partial charge in [-0.15, -0.1) is 0 Å². The zero-order valence-electron chi connectivity index (χ0n) is 17.2. The summed E-state index contributed by atoms with van der Waals surface area (Å²) in [5.74, 6) is 0. The van der Waals surface area contributed by atoms with Gasteiger partial charge < -0.3 is 4.43 Å². The van der Waals surface area contributed by atoms with Gasteiger partial charge in [0.05, 0.1) is 0 Å². The zero-order valence-corrected chi connectivity index (χ0v) is 19.8. The lowest BCUT2D eigenvalue weighted by Gasteiger charge is -2.46. The zero-order chi connectivity index (χ0) is 19.5. The average molecular weight is 446 g/mol. The highest BCUT2D eigenvalue weighted by molar-refractivity contribution is 9.09. The molecule has 1 saturated carbocycles. The van der Waals surface area contributed by atoms with E-state index in [4.69, 9.17) is 4.43 Å². The van der Waals surface area contributed by atoms with Crippen molar-refractivity contribution < 1.29 is 4.43 Å². The Hall–Kier alpha value is -0.903. The van der Waals surface area contributed by atoms with Crippen LogP contribution in [0.3, 0.4) is 0 Å². The Morgan fingerprint density at radius 1 is 0.926 bits per heavy atom. The predicted octanol–water partition coefficient (Wildman–Crippen LogP) is 5.91. The van der Waals surface area contributed by atoms with E-state index in [-0.39, 0.29) is 10.5 Å². The topological polar surface area (TPSA) is 9.23 Å². The Kier molecular flexibility index (Phi) is 6.34. The molecule has 0 spiro atoms. The molecule has 3 rings (SSSR count). The lowest BCUT2D eigenvalue weighted by Crippen LogP contribution is -2.67. The highest BCUT2D eigenvalue weighted by Crippen LogP contribution is 2.42. The van der Waals surface area contributed by atoms with Crippen LogP contribution in [0.2, 0.25) is 5.04 Å². The largest absolute Gasteiger partial charge is 0.407 e. The molecule has 0 N–H and O–H groups in total. The van der Waals surface area contributed by atoms with Crippen molar-refractivity contribution in [1.29, 1.82) is 0 Å². The molecule has 0 aromatic heterocycles. The van der Waals surface area contributed by atoms with Gasteiger partial charge >= 0.3 is 0 Å². The second kappa shape index (κ2) is 8.22. The first-order chi connectivity index (χ1) is 12.8. The summed E-state index contributed by atoms with van der Waals surface area (Å²) in [6.45, 7) is 10.3. The third-order valence-corrected chi connectivity index (χ3v) is 12.1. The van der Waals surface area contributed by atoms with E-state index in [0.29, 0.717) is 4.83 Å². The molecule has 0 aliphatic heterocycles. The molecule has 27 heavy (non-hydrogen) atoms. The smallest absolute Gasteiger partial charge is 0.261 e. The quantitative estimate of drug-likeness (QED) is 0.411. The van der Waals surface area contributed by atoms with Crippen LogP contribution in [0, 0.1) is 5.41 Å². The second-order valence-electron chi connectivity index (χ2n) is 9.44. The Balaban J connectivity index is 2.02. The molecule has 2 aromatic rings. The fraction of sp³-hybridized carbons (Fsp3) is 0.500. The van der Waals surface area contributed by atoms with Crippen molar-refractivity contribution in [3.63, 3.8) is 0 Å². The maximum Gasteiger partial charge on any atom is 0.261 e. The normalized spacial score (nSPS) is 24.0. The second-order valence-corrected chi connectivity index (χ2v) is 15.0. The first-order valence-electron chi connectivity index (χ1n) is 10.2. The standard InChI is InChI=1S/C24H33BrOSi/c1-23(2,3)27(21-11-7-5-8-12-21,22-13-9-6-10-14-22)26-19-24(4)17-15-20(25)16-18-24/h5-14,20H,15-19H2,1-4H3. The number of halogens is 1. The monoisotopic (exact) mass is 444 g/mol. The Labute approximate surface area is 174 Å². The number of benzene rings is 2. The molecular formula is C24H33BrOSi.